The number of fused-ring (bicyclic) bond motifs is 1. The Hall–Kier alpha value is -2.83. The highest BCUT2D eigenvalue weighted by Crippen LogP contribution is 2.25. The average molecular weight is 338 g/mol. The summed E-state index contributed by atoms with van der Waals surface area (Å²) in [5.74, 6) is 2.20. The predicted molar refractivity (Wildman–Crippen MR) is 99.5 cm³/mol. The molecule has 1 fully saturated rings. The molecule has 0 unspecified atom stereocenters. The lowest BCUT2D eigenvalue weighted by Crippen LogP contribution is -2.47. The van der Waals surface area contributed by atoms with Gasteiger partial charge in [0.05, 0.1) is 16.7 Å². The molecular weight excluding hydrogens is 316 g/mol. The van der Waals surface area contributed by atoms with Crippen molar-refractivity contribution in [3.8, 4) is 0 Å². The summed E-state index contributed by atoms with van der Waals surface area (Å²) >= 11 is 0. The number of aromatic amines is 2. The van der Waals surface area contributed by atoms with Crippen molar-refractivity contribution in [1.29, 1.82) is 0 Å². The van der Waals surface area contributed by atoms with Crippen molar-refractivity contribution >= 4 is 22.5 Å². The fraction of sp³-hybridized carbons (Fsp3) is 0.389. The van der Waals surface area contributed by atoms with Crippen LogP contribution >= 0.6 is 0 Å². The number of hydrogen-bond donors (Lipinski definition) is 2. The Balaban J connectivity index is 1.53. The van der Waals surface area contributed by atoms with Crippen molar-refractivity contribution < 1.29 is 0 Å². The zero-order chi connectivity index (χ0) is 17.4. The maximum Gasteiger partial charge on any atom is 0.323 e. The summed E-state index contributed by atoms with van der Waals surface area (Å²) in [5.41, 5.74) is 2.64. The minimum absolute atomic E-state index is 0.164. The second-order valence-corrected chi connectivity index (χ2v) is 6.68. The summed E-state index contributed by atoms with van der Waals surface area (Å²) in [6.45, 7) is 7.75. The third kappa shape index (κ3) is 2.97. The number of imidazole rings is 1. The van der Waals surface area contributed by atoms with Crippen molar-refractivity contribution in [1.82, 2.24) is 19.9 Å². The first-order valence-corrected chi connectivity index (χ1v) is 8.65. The summed E-state index contributed by atoms with van der Waals surface area (Å²) in [7, 11) is 0. The highest BCUT2D eigenvalue weighted by Gasteiger charge is 2.21. The Morgan fingerprint density at radius 3 is 2.56 bits per heavy atom. The molecule has 0 spiro atoms. The Morgan fingerprint density at radius 2 is 1.80 bits per heavy atom. The van der Waals surface area contributed by atoms with E-state index >= 15 is 0 Å². The number of para-hydroxylation sites is 1. The number of benzene rings is 1. The Kier molecular flexibility index (Phi) is 3.91. The van der Waals surface area contributed by atoms with Crippen molar-refractivity contribution in [3.63, 3.8) is 0 Å². The molecular formula is C18H22N6O. The summed E-state index contributed by atoms with van der Waals surface area (Å²) in [6, 6.07) is 7.93. The van der Waals surface area contributed by atoms with Crippen LogP contribution in [0.4, 0.5) is 11.5 Å². The molecule has 7 heteroatoms. The van der Waals surface area contributed by atoms with Crippen LogP contribution in [0.3, 0.4) is 0 Å². The molecule has 2 N–H and O–H groups in total. The SMILES string of the molecule is CC(C)c1nccc(N2CCN(c3cccc4[nH]c(=O)[nH]c34)CC2)n1. The maximum atomic E-state index is 11.6. The van der Waals surface area contributed by atoms with Crippen LogP contribution in [0.15, 0.2) is 35.3 Å². The quantitative estimate of drug-likeness (QED) is 0.764. The largest absolute Gasteiger partial charge is 0.366 e. The summed E-state index contributed by atoms with van der Waals surface area (Å²) in [4.78, 5) is 31.0. The average Bonchev–Trinajstić information content (AvgIpc) is 3.02. The molecule has 3 heterocycles. The van der Waals surface area contributed by atoms with Gasteiger partial charge in [-0.2, -0.15) is 0 Å². The number of nitrogens with zero attached hydrogens (tertiary/aromatic N) is 4. The van der Waals surface area contributed by atoms with Gasteiger partial charge < -0.3 is 19.8 Å². The molecule has 1 aliphatic heterocycles. The van der Waals surface area contributed by atoms with E-state index in [9.17, 15) is 4.79 Å². The highest BCUT2D eigenvalue weighted by molar-refractivity contribution is 5.88. The standard InChI is InChI=1S/C18H22N6O/c1-12(2)17-19-7-6-15(21-17)24-10-8-23(9-11-24)14-5-3-4-13-16(14)22-18(25)20-13/h3-7,12H,8-11H2,1-2H3,(H2,20,22,25). The van der Waals surface area contributed by atoms with Crippen LogP contribution in [0.25, 0.3) is 11.0 Å². The highest BCUT2D eigenvalue weighted by atomic mass is 16.1. The molecule has 0 amide bonds. The molecule has 4 rings (SSSR count). The van der Waals surface area contributed by atoms with Gasteiger partial charge in [-0.25, -0.2) is 14.8 Å². The number of anilines is 2. The summed E-state index contributed by atoms with van der Waals surface area (Å²) in [6.07, 6.45) is 1.84. The summed E-state index contributed by atoms with van der Waals surface area (Å²) in [5, 5.41) is 0. The Morgan fingerprint density at radius 1 is 1.04 bits per heavy atom. The molecule has 1 saturated heterocycles. The fourth-order valence-corrected chi connectivity index (χ4v) is 3.30. The lowest BCUT2D eigenvalue weighted by atomic mass is 10.2. The van der Waals surface area contributed by atoms with E-state index in [2.05, 4.69) is 44.7 Å². The number of aromatic nitrogens is 4. The van der Waals surface area contributed by atoms with Crippen molar-refractivity contribution in [3.05, 3.63) is 46.8 Å². The van der Waals surface area contributed by atoms with Crippen LogP contribution in [-0.4, -0.2) is 46.1 Å². The lowest BCUT2D eigenvalue weighted by molar-refractivity contribution is 0.643. The molecule has 3 aromatic rings. The zero-order valence-corrected chi connectivity index (χ0v) is 14.5. The second kappa shape index (κ2) is 6.23. The van der Waals surface area contributed by atoms with Crippen LogP contribution in [0.1, 0.15) is 25.6 Å². The van der Waals surface area contributed by atoms with E-state index in [4.69, 9.17) is 4.98 Å². The van der Waals surface area contributed by atoms with Gasteiger partial charge in [0.15, 0.2) is 0 Å². The third-order valence-corrected chi connectivity index (χ3v) is 4.65. The van der Waals surface area contributed by atoms with Gasteiger partial charge in [0, 0.05) is 38.3 Å². The predicted octanol–water partition coefficient (Wildman–Crippen LogP) is 2.10. The minimum Gasteiger partial charge on any atom is -0.366 e. The van der Waals surface area contributed by atoms with Crippen molar-refractivity contribution in [2.75, 3.05) is 36.0 Å². The molecule has 0 aliphatic carbocycles. The van der Waals surface area contributed by atoms with Gasteiger partial charge in [0.1, 0.15) is 11.6 Å². The fourth-order valence-electron chi connectivity index (χ4n) is 3.30. The molecule has 0 saturated carbocycles. The number of rotatable bonds is 3. The van der Waals surface area contributed by atoms with Gasteiger partial charge in [0.2, 0.25) is 0 Å². The molecule has 7 nitrogen and oxygen atoms in total. The third-order valence-electron chi connectivity index (χ3n) is 4.65. The number of hydrogen-bond acceptors (Lipinski definition) is 5. The van der Waals surface area contributed by atoms with E-state index in [1.165, 1.54) is 0 Å². The van der Waals surface area contributed by atoms with Crippen molar-refractivity contribution in [2.24, 2.45) is 0 Å². The van der Waals surface area contributed by atoms with Gasteiger partial charge in [-0.1, -0.05) is 19.9 Å². The van der Waals surface area contributed by atoms with Crippen LogP contribution in [-0.2, 0) is 0 Å². The first-order chi connectivity index (χ1) is 12.1. The van der Waals surface area contributed by atoms with Crippen LogP contribution in [0.5, 0.6) is 0 Å². The number of piperazine rings is 1. The van der Waals surface area contributed by atoms with Gasteiger partial charge in [-0.05, 0) is 18.2 Å². The number of nitrogens with one attached hydrogen (secondary N) is 2. The van der Waals surface area contributed by atoms with Crippen molar-refractivity contribution in [2.45, 2.75) is 19.8 Å². The van der Waals surface area contributed by atoms with E-state index in [0.29, 0.717) is 5.92 Å². The summed E-state index contributed by atoms with van der Waals surface area (Å²) < 4.78 is 0. The number of H-pyrrole nitrogens is 2. The molecule has 1 aromatic carbocycles. The van der Waals surface area contributed by atoms with Gasteiger partial charge >= 0.3 is 5.69 Å². The first-order valence-electron chi connectivity index (χ1n) is 8.65. The molecule has 130 valence electrons. The molecule has 0 atom stereocenters. The second-order valence-electron chi connectivity index (χ2n) is 6.68. The monoisotopic (exact) mass is 338 g/mol. The molecule has 25 heavy (non-hydrogen) atoms. The van der Waals surface area contributed by atoms with E-state index in [-0.39, 0.29) is 5.69 Å². The van der Waals surface area contributed by atoms with Gasteiger partial charge in [-0.3, -0.25) is 0 Å². The van der Waals surface area contributed by atoms with Crippen LogP contribution in [0.2, 0.25) is 0 Å². The van der Waals surface area contributed by atoms with Gasteiger partial charge in [-0.15, -0.1) is 0 Å². The topological polar surface area (TPSA) is 80.9 Å². The molecule has 0 bridgehead atoms. The minimum atomic E-state index is -0.164. The lowest BCUT2D eigenvalue weighted by Gasteiger charge is -2.37. The Bertz CT molecular complexity index is 936. The normalized spacial score (nSPS) is 15.3. The smallest absolute Gasteiger partial charge is 0.323 e. The van der Waals surface area contributed by atoms with E-state index in [0.717, 1.165) is 54.5 Å². The Labute approximate surface area is 145 Å². The van der Waals surface area contributed by atoms with E-state index < -0.39 is 0 Å². The van der Waals surface area contributed by atoms with Crippen LogP contribution < -0.4 is 15.5 Å². The first kappa shape index (κ1) is 15.7. The maximum absolute atomic E-state index is 11.6. The zero-order valence-electron chi connectivity index (χ0n) is 14.5. The molecule has 2 aromatic heterocycles. The molecule has 1 aliphatic rings. The van der Waals surface area contributed by atoms with E-state index in [1.54, 1.807) is 0 Å². The molecule has 0 radical (unpaired) electrons. The van der Waals surface area contributed by atoms with E-state index in [1.807, 2.05) is 24.4 Å². The van der Waals surface area contributed by atoms with Crippen LogP contribution in [0, 0.1) is 0 Å². The van der Waals surface area contributed by atoms with Gasteiger partial charge in [0.25, 0.3) is 0 Å².